The van der Waals surface area contributed by atoms with Crippen LogP contribution in [0, 0.1) is 0 Å². The summed E-state index contributed by atoms with van der Waals surface area (Å²) in [4.78, 5) is 13.8. The van der Waals surface area contributed by atoms with Gasteiger partial charge in [-0.3, -0.25) is 4.90 Å². The van der Waals surface area contributed by atoms with E-state index in [1.807, 2.05) is 20.8 Å². The van der Waals surface area contributed by atoms with Crippen molar-refractivity contribution in [2.45, 2.75) is 64.9 Å². The minimum absolute atomic E-state index is 0.301. The summed E-state index contributed by atoms with van der Waals surface area (Å²) >= 11 is 0. The number of rotatable bonds is 1. The highest BCUT2D eigenvalue weighted by atomic mass is 16.6. The zero-order valence-electron chi connectivity index (χ0n) is 13.7. The summed E-state index contributed by atoms with van der Waals surface area (Å²) in [5.74, 6) is 0.823. The van der Waals surface area contributed by atoms with Gasteiger partial charge >= 0.3 is 6.09 Å². The van der Waals surface area contributed by atoms with Crippen LogP contribution < -0.4 is 0 Å². The summed E-state index contributed by atoms with van der Waals surface area (Å²) in [7, 11) is 1.67. The number of hydrogen-bond acceptors (Lipinski definition) is 3. The molecule has 0 N–H and O–H groups in total. The van der Waals surface area contributed by atoms with E-state index in [9.17, 15) is 4.79 Å². The molecular formula is C17H27NO3. The van der Waals surface area contributed by atoms with Crippen LogP contribution in [0.3, 0.4) is 0 Å². The van der Waals surface area contributed by atoms with Crippen LogP contribution in [0.4, 0.5) is 4.79 Å². The van der Waals surface area contributed by atoms with Crippen LogP contribution in [-0.4, -0.2) is 30.2 Å². The van der Waals surface area contributed by atoms with E-state index in [4.69, 9.17) is 9.47 Å². The van der Waals surface area contributed by atoms with Gasteiger partial charge in [0.15, 0.2) is 0 Å². The highest BCUT2D eigenvalue weighted by Crippen LogP contribution is 2.33. The molecule has 0 unspecified atom stereocenters. The van der Waals surface area contributed by atoms with Gasteiger partial charge in [0.05, 0.1) is 13.3 Å². The molecular weight excluding hydrogens is 266 g/mol. The summed E-state index contributed by atoms with van der Waals surface area (Å²) in [6, 6.07) is 0. The largest absolute Gasteiger partial charge is 0.495 e. The Labute approximate surface area is 127 Å². The van der Waals surface area contributed by atoms with Crippen molar-refractivity contribution < 1.29 is 14.3 Å². The van der Waals surface area contributed by atoms with Crippen molar-refractivity contribution in [2.75, 3.05) is 13.7 Å². The first-order chi connectivity index (χ1) is 9.90. The molecule has 1 heterocycles. The molecule has 4 nitrogen and oxygen atoms in total. The summed E-state index contributed by atoms with van der Waals surface area (Å²) in [5.41, 5.74) is 2.34. The number of allylic oxidation sites excluding steroid dienone is 2. The molecule has 118 valence electrons. The van der Waals surface area contributed by atoms with Crippen LogP contribution in [0.1, 0.15) is 59.3 Å². The average molecular weight is 293 g/mol. The molecule has 0 spiro atoms. The lowest BCUT2D eigenvalue weighted by atomic mass is 9.88. The third kappa shape index (κ3) is 4.26. The molecule has 1 aliphatic carbocycles. The maximum Gasteiger partial charge on any atom is 0.414 e. The molecule has 1 amide bonds. The Morgan fingerprint density at radius 3 is 2.38 bits per heavy atom. The smallest absolute Gasteiger partial charge is 0.414 e. The molecule has 4 heteroatoms. The van der Waals surface area contributed by atoms with Gasteiger partial charge in [-0.25, -0.2) is 4.79 Å². The minimum atomic E-state index is -0.472. The lowest BCUT2D eigenvalue weighted by Crippen LogP contribution is -2.36. The van der Waals surface area contributed by atoms with E-state index in [2.05, 4.69) is 0 Å². The number of carbonyl (C=O) groups excluding carboxylic acids is 1. The first kappa shape index (κ1) is 15.9. The lowest BCUT2D eigenvalue weighted by Gasteiger charge is -2.30. The highest BCUT2D eigenvalue weighted by Gasteiger charge is 2.27. The van der Waals surface area contributed by atoms with Gasteiger partial charge < -0.3 is 9.47 Å². The van der Waals surface area contributed by atoms with E-state index in [0.717, 1.165) is 12.2 Å². The van der Waals surface area contributed by atoms with Crippen molar-refractivity contribution in [1.29, 1.82) is 0 Å². The molecule has 0 bridgehead atoms. The van der Waals surface area contributed by atoms with Crippen LogP contribution in [0.2, 0.25) is 0 Å². The Morgan fingerprint density at radius 2 is 1.81 bits per heavy atom. The Balaban J connectivity index is 2.15. The second kappa shape index (κ2) is 6.54. The van der Waals surface area contributed by atoms with Crippen LogP contribution in [0.25, 0.3) is 0 Å². The van der Waals surface area contributed by atoms with Gasteiger partial charge in [-0.15, -0.1) is 0 Å². The molecule has 21 heavy (non-hydrogen) atoms. The standard InChI is InChI=1S/C17H27NO3/c1-17(2,3)21-16(19)18-11-10-14(15(12-18)20-4)13-8-6-5-7-9-13/h12H,5-11H2,1-4H3. The summed E-state index contributed by atoms with van der Waals surface area (Å²) in [6.45, 7) is 6.31. The maximum atomic E-state index is 12.1. The second-order valence-electron chi connectivity index (χ2n) is 6.76. The fourth-order valence-corrected chi connectivity index (χ4v) is 2.91. The molecule has 1 saturated carbocycles. The molecule has 0 saturated heterocycles. The topological polar surface area (TPSA) is 38.8 Å². The molecule has 0 radical (unpaired) electrons. The Kier molecular flexibility index (Phi) is 4.96. The Morgan fingerprint density at radius 1 is 1.14 bits per heavy atom. The second-order valence-corrected chi connectivity index (χ2v) is 6.76. The average Bonchev–Trinajstić information content (AvgIpc) is 2.45. The third-order valence-electron chi connectivity index (χ3n) is 3.91. The highest BCUT2D eigenvalue weighted by molar-refractivity contribution is 5.70. The molecule has 0 aromatic heterocycles. The van der Waals surface area contributed by atoms with E-state index >= 15 is 0 Å². The Bertz CT molecular complexity index is 449. The van der Waals surface area contributed by atoms with Crippen molar-refractivity contribution in [3.8, 4) is 0 Å². The zero-order valence-corrected chi connectivity index (χ0v) is 13.7. The van der Waals surface area contributed by atoms with Crippen LogP contribution in [0.5, 0.6) is 0 Å². The lowest BCUT2D eigenvalue weighted by molar-refractivity contribution is 0.0320. The number of carbonyl (C=O) groups is 1. The van der Waals surface area contributed by atoms with E-state index in [1.165, 1.54) is 43.3 Å². The van der Waals surface area contributed by atoms with Crippen molar-refractivity contribution >= 4 is 6.09 Å². The van der Waals surface area contributed by atoms with Gasteiger partial charge in [-0.2, -0.15) is 0 Å². The quantitative estimate of drug-likeness (QED) is 0.720. The molecule has 0 atom stereocenters. The van der Waals surface area contributed by atoms with Gasteiger partial charge in [0, 0.05) is 6.54 Å². The number of nitrogens with zero attached hydrogens (tertiary/aromatic N) is 1. The molecule has 2 rings (SSSR count). The maximum absolute atomic E-state index is 12.1. The molecule has 0 aromatic carbocycles. The minimum Gasteiger partial charge on any atom is -0.495 e. The van der Waals surface area contributed by atoms with Gasteiger partial charge in [-0.1, -0.05) is 12.0 Å². The monoisotopic (exact) mass is 293 g/mol. The fourth-order valence-electron chi connectivity index (χ4n) is 2.91. The van der Waals surface area contributed by atoms with Crippen molar-refractivity contribution in [2.24, 2.45) is 0 Å². The normalized spacial score (nSPS) is 20.2. The number of amides is 1. The predicted octanol–water partition coefficient (Wildman–Crippen LogP) is 4.38. The van der Waals surface area contributed by atoms with Gasteiger partial charge in [0.1, 0.15) is 11.4 Å². The van der Waals surface area contributed by atoms with Gasteiger partial charge in [0.25, 0.3) is 0 Å². The first-order valence-electron chi connectivity index (χ1n) is 7.87. The Hall–Kier alpha value is -1.45. The van der Waals surface area contributed by atoms with Crippen molar-refractivity contribution in [1.82, 2.24) is 4.90 Å². The molecule has 1 fully saturated rings. The first-order valence-corrected chi connectivity index (χ1v) is 7.87. The molecule has 2 aliphatic rings. The summed E-state index contributed by atoms with van der Waals surface area (Å²) in [6.07, 6.45) is 8.56. The summed E-state index contributed by atoms with van der Waals surface area (Å²) < 4.78 is 10.9. The number of hydrogen-bond donors (Lipinski definition) is 0. The molecule has 0 aromatic rings. The summed E-state index contributed by atoms with van der Waals surface area (Å²) in [5, 5.41) is 0. The van der Waals surface area contributed by atoms with E-state index in [0.29, 0.717) is 6.54 Å². The van der Waals surface area contributed by atoms with Crippen LogP contribution in [-0.2, 0) is 9.47 Å². The van der Waals surface area contributed by atoms with E-state index in [-0.39, 0.29) is 6.09 Å². The van der Waals surface area contributed by atoms with Crippen LogP contribution in [0.15, 0.2) is 23.1 Å². The number of methoxy groups -OCH3 is 1. The van der Waals surface area contributed by atoms with Crippen molar-refractivity contribution in [3.05, 3.63) is 23.1 Å². The number of ether oxygens (including phenoxy) is 2. The molecule has 1 aliphatic heterocycles. The zero-order chi connectivity index (χ0) is 15.5. The van der Waals surface area contributed by atoms with Gasteiger partial charge in [0.2, 0.25) is 0 Å². The van der Waals surface area contributed by atoms with Crippen LogP contribution >= 0.6 is 0 Å². The van der Waals surface area contributed by atoms with Crippen molar-refractivity contribution in [3.63, 3.8) is 0 Å². The van der Waals surface area contributed by atoms with E-state index < -0.39 is 5.60 Å². The SMILES string of the molecule is COC1=CN(C(=O)OC(C)(C)C)CCC1=C1CCCCC1. The van der Waals surface area contributed by atoms with Gasteiger partial charge in [-0.05, 0) is 58.4 Å². The predicted molar refractivity (Wildman–Crippen MR) is 82.8 cm³/mol. The van der Waals surface area contributed by atoms with E-state index in [1.54, 1.807) is 18.2 Å². The third-order valence-corrected chi connectivity index (χ3v) is 3.91. The fraction of sp³-hybridized carbons (Fsp3) is 0.706.